The molecule has 9 heteroatoms. The molecule has 6 nitrogen and oxygen atoms in total. The molecule has 0 aromatic heterocycles. The molecule has 24 heavy (non-hydrogen) atoms. The van der Waals surface area contributed by atoms with E-state index in [1.165, 1.54) is 12.1 Å². The molecule has 0 aliphatic carbocycles. The van der Waals surface area contributed by atoms with Crippen molar-refractivity contribution in [3.63, 3.8) is 0 Å². The molecule has 0 spiro atoms. The molecule has 1 rings (SSSR count). The van der Waals surface area contributed by atoms with Crippen LogP contribution >= 0.6 is 24.2 Å². The average molecular weight is 368 g/mol. The molecular formula is C15H19ClLiNO5S. The van der Waals surface area contributed by atoms with Crippen molar-refractivity contribution in [3.8, 4) is 5.75 Å². The average Bonchev–Trinajstić information content (AvgIpc) is 2.42. The molecule has 128 valence electrons. The van der Waals surface area contributed by atoms with Gasteiger partial charge in [-0.1, -0.05) is 11.6 Å². The van der Waals surface area contributed by atoms with E-state index >= 15 is 0 Å². The molecule has 0 saturated heterocycles. The number of thiol groups is 1. The standard InChI is InChI=1S/C15H20ClNO5S.Li/c1-15(2,3)22-14(20)17-6-7-21-9-4-5-11(16)10(8-9)12(23)13(18)19;/h4-5,8,12,23H,6-7H2,1-3H3,(H,17,20)(H,18,19);/q;+1/p-1. The third-order valence-corrected chi connectivity index (χ3v) is 3.36. The van der Waals surface area contributed by atoms with Crippen LogP contribution in [0.25, 0.3) is 0 Å². The summed E-state index contributed by atoms with van der Waals surface area (Å²) in [5.74, 6) is -0.935. The van der Waals surface area contributed by atoms with Crippen LogP contribution in [0.15, 0.2) is 18.2 Å². The Bertz CT molecular complexity index is 579. The molecule has 0 bridgehead atoms. The molecule has 1 unspecified atom stereocenters. The van der Waals surface area contributed by atoms with Crippen LogP contribution in [0.4, 0.5) is 4.79 Å². The molecule has 1 aromatic rings. The number of carboxylic acids is 1. The van der Waals surface area contributed by atoms with Crippen LogP contribution in [0.5, 0.6) is 5.75 Å². The molecule has 0 saturated carbocycles. The fourth-order valence-electron chi connectivity index (χ4n) is 1.58. The molecule has 1 N–H and O–H groups in total. The SMILES string of the molecule is CC(C)(C)OC(=O)NCCOc1ccc(Cl)c(C(S)C(=O)[O-])c1.[Li+]. The summed E-state index contributed by atoms with van der Waals surface area (Å²) in [7, 11) is 0. The van der Waals surface area contributed by atoms with E-state index in [0.717, 1.165) is 0 Å². The van der Waals surface area contributed by atoms with Crippen molar-refractivity contribution in [1.29, 1.82) is 0 Å². The number of carbonyl (C=O) groups excluding carboxylic acids is 2. The van der Waals surface area contributed by atoms with Crippen molar-refractivity contribution in [1.82, 2.24) is 5.32 Å². The Kier molecular flexibility index (Phi) is 9.67. The van der Waals surface area contributed by atoms with Gasteiger partial charge in [-0.05, 0) is 44.5 Å². The van der Waals surface area contributed by atoms with E-state index in [1.807, 2.05) is 0 Å². The van der Waals surface area contributed by atoms with Gasteiger partial charge in [0.1, 0.15) is 18.0 Å². The number of carboxylic acid groups (broad SMARTS) is 1. The van der Waals surface area contributed by atoms with Gasteiger partial charge < -0.3 is 24.7 Å². The summed E-state index contributed by atoms with van der Waals surface area (Å²) in [4.78, 5) is 22.3. The second-order valence-corrected chi connectivity index (χ2v) is 6.61. The van der Waals surface area contributed by atoms with Gasteiger partial charge in [0.25, 0.3) is 0 Å². The number of halogens is 1. The van der Waals surface area contributed by atoms with Crippen molar-refractivity contribution in [2.45, 2.75) is 31.6 Å². The van der Waals surface area contributed by atoms with Gasteiger partial charge in [-0.25, -0.2) is 4.79 Å². The zero-order chi connectivity index (χ0) is 17.6. The first-order chi connectivity index (χ1) is 10.6. The van der Waals surface area contributed by atoms with Crippen LogP contribution in [0.2, 0.25) is 5.02 Å². The summed E-state index contributed by atoms with van der Waals surface area (Å²) in [5, 5.41) is 12.5. The topological polar surface area (TPSA) is 87.7 Å². The Morgan fingerprint density at radius 3 is 2.54 bits per heavy atom. The van der Waals surface area contributed by atoms with E-state index in [1.54, 1.807) is 26.8 Å². The van der Waals surface area contributed by atoms with Crippen molar-refractivity contribution < 1.29 is 43.0 Å². The molecular weight excluding hydrogens is 349 g/mol. The van der Waals surface area contributed by atoms with E-state index in [2.05, 4.69) is 17.9 Å². The van der Waals surface area contributed by atoms with E-state index < -0.39 is 22.9 Å². The van der Waals surface area contributed by atoms with Crippen LogP contribution in [0, 0.1) is 0 Å². The number of amides is 1. The molecule has 0 heterocycles. The monoisotopic (exact) mass is 367 g/mol. The molecule has 1 atom stereocenters. The summed E-state index contributed by atoms with van der Waals surface area (Å²) >= 11 is 9.86. The van der Waals surface area contributed by atoms with Crippen LogP contribution < -0.4 is 34.0 Å². The summed E-state index contributed by atoms with van der Waals surface area (Å²) < 4.78 is 10.5. The first-order valence-corrected chi connectivity index (χ1v) is 7.77. The van der Waals surface area contributed by atoms with Crippen LogP contribution in [-0.2, 0) is 9.53 Å². The Morgan fingerprint density at radius 2 is 2.00 bits per heavy atom. The summed E-state index contributed by atoms with van der Waals surface area (Å²) in [6.07, 6.45) is -0.537. The van der Waals surface area contributed by atoms with Gasteiger partial charge in [0.15, 0.2) is 0 Å². The molecule has 0 radical (unpaired) electrons. The molecule has 1 aromatic carbocycles. The van der Waals surface area contributed by atoms with Crippen molar-refractivity contribution >= 4 is 36.3 Å². The van der Waals surface area contributed by atoms with Gasteiger partial charge in [-0.3, -0.25) is 0 Å². The molecule has 0 aliphatic rings. The number of aliphatic carboxylic acids is 1. The van der Waals surface area contributed by atoms with E-state index in [9.17, 15) is 14.7 Å². The zero-order valence-electron chi connectivity index (χ0n) is 14.1. The third-order valence-electron chi connectivity index (χ3n) is 2.52. The van der Waals surface area contributed by atoms with Crippen LogP contribution in [0.1, 0.15) is 31.6 Å². The first kappa shape index (κ1) is 23.0. The number of nitrogens with one attached hydrogen (secondary N) is 1. The Labute approximate surface area is 163 Å². The molecule has 0 aliphatic heterocycles. The van der Waals surface area contributed by atoms with E-state index in [-0.39, 0.29) is 42.6 Å². The predicted molar refractivity (Wildman–Crippen MR) is 87.9 cm³/mol. The number of rotatable bonds is 6. The minimum absolute atomic E-state index is 0. The minimum Gasteiger partial charge on any atom is -0.549 e. The number of alkyl carbamates (subject to hydrolysis) is 1. The predicted octanol–water partition coefficient (Wildman–Crippen LogP) is -1.03. The maximum absolute atomic E-state index is 11.4. The smallest absolute Gasteiger partial charge is 0.549 e. The van der Waals surface area contributed by atoms with Gasteiger partial charge in [-0.15, -0.1) is 0 Å². The Morgan fingerprint density at radius 1 is 1.38 bits per heavy atom. The summed E-state index contributed by atoms with van der Waals surface area (Å²) in [6, 6.07) is 4.58. The van der Waals surface area contributed by atoms with Gasteiger partial charge in [0, 0.05) is 5.02 Å². The molecule has 0 fully saturated rings. The number of benzene rings is 1. The van der Waals surface area contributed by atoms with Crippen LogP contribution in [0.3, 0.4) is 0 Å². The zero-order valence-corrected chi connectivity index (χ0v) is 15.7. The van der Waals surface area contributed by atoms with Crippen molar-refractivity contribution in [2.75, 3.05) is 13.2 Å². The normalized spacial score (nSPS) is 11.9. The quantitative estimate of drug-likeness (QED) is 0.381. The molecule has 1 amide bonds. The number of ether oxygens (including phenoxy) is 2. The summed E-state index contributed by atoms with van der Waals surface area (Å²) in [5.41, 5.74) is -0.282. The third kappa shape index (κ3) is 8.20. The number of hydrogen-bond donors (Lipinski definition) is 2. The summed E-state index contributed by atoms with van der Waals surface area (Å²) in [6.45, 7) is 5.72. The van der Waals surface area contributed by atoms with Crippen LogP contribution in [-0.4, -0.2) is 30.8 Å². The maximum atomic E-state index is 11.4. The van der Waals surface area contributed by atoms with Gasteiger partial charge >= 0.3 is 25.0 Å². The maximum Gasteiger partial charge on any atom is 1.00 e. The second kappa shape index (κ2) is 10.1. The van der Waals surface area contributed by atoms with Gasteiger partial charge in [-0.2, -0.15) is 12.6 Å². The minimum atomic E-state index is -1.35. The van der Waals surface area contributed by atoms with Gasteiger partial charge in [0.2, 0.25) is 0 Å². The first-order valence-electron chi connectivity index (χ1n) is 6.88. The fraction of sp³-hybridized carbons (Fsp3) is 0.467. The van der Waals surface area contributed by atoms with Crippen molar-refractivity contribution in [2.24, 2.45) is 0 Å². The van der Waals surface area contributed by atoms with Crippen molar-refractivity contribution in [3.05, 3.63) is 28.8 Å². The van der Waals surface area contributed by atoms with E-state index in [4.69, 9.17) is 21.1 Å². The van der Waals surface area contributed by atoms with Gasteiger partial charge in [0.05, 0.1) is 17.8 Å². The fourth-order valence-corrected chi connectivity index (χ4v) is 2.10. The second-order valence-electron chi connectivity index (χ2n) is 5.68. The van der Waals surface area contributed by atoms with E-state index in [0.29, 0.717) is 5.75 Å². The number of hydrogen-bond acceptors (Lipinski definition) is 6. The Balaban J connectivity index is 0.00000529. The largest absolute Gasteiger partial charge is 1.00 e. The Hall–Kier alpha value is -1.00. The number of carbonyl (C=O) groups is 2.